The Morgan fingerprint density at radius 3 is 2.30 bits per heavy atom. The molecular formula is C17H30BNO4. The molecule has 0 spiro atoms. The smallest absolute Gasteiger partial charge is 0.400 e. The topological polar surface area (TPSA) is 48.0 Å². The highest BCUT2D eigenvalue weighted by Crippen LogP contribution is 2.39. The van der Waals surface area contributed by atoms with Crippen molar-refractivity contribution < 1.29 is 18.8 Å². The number of carbonyl (C=O) groups excluding carboxylic acids is 1. The molecule has 1 fully saturated rings. The molecule has 23 heavy (non-hydrogen) atoms. The van der Waals surface area contributed by atoms with Crippen molar-refractivity contribution in [3.63, 3.8) is 0 Å². The van der Waals surface area contributed by atoms with Gasteiger partial charge >= 0.3 is 7.12 Å². The summed E-state index contributed by atoms with van der Waals surface area (Å²) in [6, 6.07) is 0. The zero-order chi connectivity index (χ0) is 17.5. The molecule has 0 aliphatic carbocycles. The molecule has 0 aromatic rings. The molecule has 2 heterocycles. The summed E-state index contributed by atoms with van der Waals surface area (Å²) in [5.41, 5.74) is 0.0630. The zero-order valence-electron chi connectivity index (χ0n) is 15.6. The SMILES string of the molecule is COC(C)(C)CC(=O)N1CC=C(B2OC(C)(C)C(C)(C)O2)CC1. The lowest BCUT2D eigenvalue weighted by molar-refractivity contribution is -0.136. The van der Waals surface area contributed by atoms with Crippen LogP contribution in [0.2, 0.25) is 0 Å². The number of ether oxygens (including phenoxy) is 1. The van der Waals surface area contributed by atoms with Crippen LogP contribution in [0, 0.1) is 0 Å². The van der Waals surface area contributed by atoms with Crippen LogP contribution >= 0.6 is 0 Å². The van der Waals surface area contributed by atoms with E-state index < -0.39 is 5.60 Å². The van der Waals surface area contributed by atoms with Crippen molar-refractivity contribution >= 4 is 13.0 Å². The van der Waals surface area contributed by atoms with Crippen LogP contribution in [0.1, 0.15) is 54.4 Å². The summed E-state index contributed by atoms with van der Waals surface area (Å²) < 4.78 is 17.5. The number of rotatable bonds is 4. The van der Waals surface area contributed by atoms with E-state index in [0.717, 1.165) is 11.9 Å². The van der Waals surface area contributed by atoms with Gasteiger partial charge in [-0.15, -0.1) is 0 Å². The Hall–Kier alpha value is -0.845. The van der Waals surface area contributed by atoms with Gasteiger partial charge in [0.1, 0.15) is 0 Å². The van der Waals surface area contributed by atoms with Crippen LogP contribution in [-0.4, -0.2) is 54.9 Å². The molecule has 2 aliphatic rings. The maximum absolute atomic E-state index is 12.4. The predicted molar refractivity (Wildman–Crippen MR) is 91.1 cm³/mol. The molecule has 1 saturated heterocycles. The van der Waals surface area contributed by atoms with Crippen molar-refractivity contribution in [3.05, 3.63) is 11.5 Å². The summed E-state index contributed by atoms with van der Waals surface area (Å²) in [5, 5.41) is 0. The lowest BCUT2D eigenvalue weighted by Gasteiger charge is -2.32. The molecule has 6 heteroatoms. The maximum Gasteiger partial charge on any atom is 0.490 e. The van der Waals surface area contributed by atoms with Gasteiger partial charge in [0.2, 0.25) is 5.91 Å². The van der Waals surface area contributed by atoms with E-state index in [4.69, 9.17) is 14.0 Å². The average molecular weight is 323 g/mol. The minimum atomic E-state index is -0.424. The molecule has 0 aromatic carbocycles. The van der Waals surface area contributed by atoms with Crippen LogP contribution in [0.5, 0.6) is 0 Å². The minimum Gasteiger partial charge on any atom is -0.400 e. The molecule has 5 nitrogen and oxygen atoms in total. The highest BCUT2D eigenvalue weighted by Gasteiger charge is 2.52. The van der Waals surface area contributed by atoms with Crippen molar-refractivity contribution in [2.75, 3.05) is 20.2 Å². The molecular weight excluding hydrogens is 293 g/mol. The van der Waals surface area contributed by atoms with Crippen molar-refractivity contribution in [1.82, 2.24) is 4.90 Å². The van der Waals surface area contributed by atoms with Crippen molar-refractivity contribution in [2.24, 2.45) is 0 Å². The van der Waals surface area contributed by atoms with Gasteiger partial charge in [-0.3, -0.25) is 4.79 Å². The normalized spacial score (nSPS) is 23.9. The van der Waals surface area contributed by atoms with E-state index in [1.807, 2.05) is 18.7 Å². The first-order chi connectivity index (χ1) is 10.5. The van der Waals surface area contributed by atoms with Gasteiger partial charge in [0, 0.05) is 20.2 Å². The number of methoxy groups -OCH3 is 1. The predicted octanol–water partition coefficient (Wildman–Crippen LogP) is 2.59. The third-order valence-electron chi connectivity index (χ3n) is 5.28. The van der Waals surface area contributed by atoms with E-state index >= 15 is 0 Å². The molecule has 0 bridgehead atoms. The van der Waals surface area contributed by atoms with E-state index in [1.54, 1.807) is 7.11 Å². The van der Waals surface area contributed by atoms with E-state index in [9.17, 15) is 4.79 Å². The Morgan fingerprint density at radius 2 is 1.87 bits per heavy atom. The fraction of sp³-hybridized carbons (Fsp3) is 0.824. The lowest BCUT2D eigenvalue weighted by Crippen LogP contribution is -2.41. The Kier molecular flexibility index (Phi) is 5.01. The number of nitrogens with zero attached hydrogens (tertiary/aromatic N) is 1. The van der Waals surface area contributed by atoms with E-state index in [-0.39, 0.29) is 24.2 Å². The quantitative estimate of drug-likeness (QED) is 0.746. The van der Waals surface area contributed by atoms with Gasteiger partial charge in [-0.1, -0.05) is 6.08 Å². The number of hydrogen-bond acceptors (Lipinski definition) is 4. The van der Waals surface area contributed by atoms with Crippen LogP contribution < -0.4 is 0 Å². The Balaban J connectivity index is 1.96. The van der Waals surface area contributed by atoms with Crippen molar-refractivity contribution in [3.8, 4) is 0 Å². The van der Waals surface area contributed by atoms with Crippen LogP contribution in [0.4, 0.5) is 0 Å². The summed E-state index contributed by atoms with van der Waals surface area (Å²) in [6.45, 7) is 13.4. The van der Waals surface area contributed by atoms with Crippen molar-refractivity contribution in [1.29, 1.82) is 0 Å². The van der Waals surface area contributed by atoms with Gasteiger partial charge in [0.05, 0.1) is 23.2 Å². The summed E-state index contributed by atoms with van der Waals surface area (Å²) in [4.78, 5) is 14.2. The van der Waals surface area contributed by atoms with Crippen LogP contribution in [0.15, 0.2) is 11.5 Å². The minimum absolute atomic E-state index is 0.126. The molecule has 2 aliphatic heterocycles. The summed E-state index contributed by atoms with van der Waals surface area (Å²) in [6.07, 6.45) is 3.25. The third kappa shape index (κ3) is 3.98. The standard InChI is InChI=1S/C17H30BNO4/c1-15(2,21-7)12-14(20)19-10-8-13(9-11-19)18-22-16(3,4)17(5,6)23-18/h8H,9-12H2,1-7H3. The van der Waals surface area contributed by atoms with Gasteiger partial charge in [-0.2, -0.15) is 0 Å². The fourth-order valence-electron chi connectivity index (χ4n) is 2.67. The molecule has 2 rings (SSSR count). The summed E-state index contributed by atoms with van der Waals surface area (Å²) in [7, 11) is 1.34. The number of hydrogen-bond donors (Lipinski definition) is 0. The monoisotopic (exact) mass is 323 g/mol. The highest BCUT2D eigenvalue weighted by atomic mass is 16.7. The van der Waals surface area contributed by atoms with Gasteiger partial charge < -0.3 is 18.9 Å². The largest absolute Gasteiger partial charge is 0.490 e. The van der Waals surface area contributed by atoms with Gasteiger partial charge in [-0.05, 0) is 53.4 Å². The van der Waals surface area contributed by atoms with E-state index in [2.05, 4.69) is 33.8 Å². The molecule has 0 N–H and O–H groups in total. The molecule has 0 radical (unpaired) electrons. The fourth-order valence-corrected chi connectivity index (χ4v) is 2.67. The number of amides is 1. The van der Waals surface area contributed by atoms with Crippen LogP contribution in [0.25, 0.3) is 0 Å². The Bertz CT molecular complexity index is 483. The second kappa shape index (κ2) is 6.23. The summed E-state index contributed by atoms with van der Waals surface area (Å²) >= 11 is 0. The third-order valence-corrected chi connectivity index (χ3v) is 5.28. The molecule has 0 unspecified atom stereocenters. The summed E-state index contributed by atoms with van der Waals surface area (Å²) in [5.74, 6) is 0.126. The Morgan fingerprint density at radius 1 is 1.30 bits per heavy atom. The average Bonchev–Trinajstić information content (AvgIpc) is 2.67. The molecule has 0 atom stereocenters. The van der Waals surface area contributed by atoms with Crippen molar-refractivity contribution in [2.45, 2.75) is 71.2 Å². The highest BCUT2D eigenvalue weighted by molar-refractivity contribution is 6.54. The van der Waals surface area contributed by atoms with Gasteiger partial charge in [0.25, 0.3) is 0 Å². The van der Waals surface area contributed by atoms with Crippen LogP contribution in [-0.2, 0) is 18.8 Å². The first-order valence-corrected chi connectivity index (χ1v) is 8.35. The first kappa shape index (κ1) is 18.5. The molecule has 1 amide bonds. The zero-order valence-corrected chi connectivity index (χ0v) is 15.6. The second-order valence-corrected chi connectivity index (χ2v) is 8.10. The number of carbonyl (C=O) groups is 1. The van der Waals surface area contributed by atoms with Crippen LogP contribution in [0.3, 0.4) is 0 Å². The molecule has 130 valence electrons. The molecule has 0 aromatic heterocycles. The lowest BCUT2D eigenvalue weighted by atomic mass is 9.74. The second-order valence-electron chi connectivity index (χ2n) is 8.10. The van der Waals surface area contributed by atoms with E-state index in [0.29, 0.717) is 19.5 Å². The maximum atomic E-state index is 12.4. The van der Waals surface area contributed by atoms with Gasteiger partial charge in [0.15, 0.2) is 0 Å². The van der Waals surface area contributed by atoms with Gasteiger partial charge in [-0.25, -0.2) is 0 Å². The first-order valence-electron chi connectivity index (χ1n) is 8.35. The van der Waals surface area contributed by atoms with E-state index in [1.165, 1.54) is 0 Å². The Labute approximate surface area is 140 Å². The molecule has 0 saturated carbocycles.